The highest BCUT2D eigenvalue weighted by molar-refractivity contribution is 6.06. The summed E-state index contributed by atoms with van der Waals surface area (Å²) in [5, 5.41) is 3.70. The molecule has 0 aliphatic carbocycles. The summed E-state index contributed by atoms with van der Waals surface area (Å²) >= 11 is 0. The number of nitrogens with zero attached hydrogens (tertiary/aromatic N) is 4. The maximum absolute atomic E-state index is 12.0. The van der Waals surface area contributed by atoms with Gasteiger partial charge >= 0.3 is 0 Å². The summed E-state index contributed by atoms with van der Waals surface area (Å²) in [5.41, 5.74) is 8.23. The number of hydrogen-bond donors (Lipinski definition) is 2. The second-order valence-corrected chi connectivity index (χ2v) is 24.2. The molecule has 34 nitrogen and oxygen atoms in total. The van der Waals surface area contributed by atoms with Crippen LogP contribution < -0.4 is 11.1 Å². The van der Waals surface area contributed by atoms with Crippen molar-refractivity contribution >= 4 is 45.5 Å². The second-order valence-electron chi connectivity index (χ2n) is 24.2. The Morgan fingerprint density at radius 1 is 0.439 bits per heavy atom. The fourth-order valence-electron chi connectivity index (χ4n) is 9.77. The van der Waals surface area contributed by atoms with Gasteiger partial charge in [0, 0.05) is 43.8 Å². The number of aromatic nitrogens is 3. The summed E-state index contributed by atoms with van der Waals surface area (Å²) < 4.78 is 142. The fraction of sp³-hybridized carbons (Fsp3) is 0.822. The number of para-hydroxylation sites is 1. The largest absolute Gasteiger partial charge is 0.382 e. The van der Waals surface area contributed by atoms with Gasteiger partial charge in [0.1, 0.15) is 17.9 Å². The van der Waals surface area contributed by atoms with Crippen molar-refractivity contribution in [3.63, 3.8) is 0 Å². The van der Waals surface area contributed by atoms with E-state index in [2.05, 4.69) is 28.7 Å². The SMILES string of the molecule is CCOCc1nc2c(N)nc3ccccc3c2n1CC(C)(C)OCCOCCOCCOCCOCCOCCOCCOCCOCCOCCOCCOCCOCCOCCOCCOCCOCCOCCOCCOCCOCCOCCOCCOCCNC(=O)CCN1C(=O)CC(C)C1=O. The monoisotopic (exact) mass is 1540 g/mol. The average molecular weight is 1540 g/mol. The van der Waals surface area contributed by atoms with E-state index < -0.39 is 5.60 Å². The number of fused-ring (bicyclic) bond motifs is 3. The van der Waals surface area contributed by atoms with Gasteiger partial charge in [-0.1, -0.05) is 25.1 Å². The van der Waals surface area contributed by atoms with E-state index in [0.717, 1.165) is 27.1 Å². The van der Waals surface area contributed by atoms with Crippen molar-refractivity contribution in [1.29, 1.82) is 0 Å². The zero-order valence-corrected chi connectivity index (χ0v) is 64.4. The quantitative estimate of drug-likeness (QED) is 0.0606. The minimum atomic E-state index is -0.527. The van der Waals surface area contributed by atoms with E-state index >= 15 is 0 Å². The molecule has 2 aromatic heterocycles. The predicted octanol–water partition coefficient (Wildman–Crippen LogP) is 2.78. The molecule has 618 valence electrons. The van der Waals surface area contributed by atoms with Crippen LogP contribution in [-0.2, 0) is 146 Å². The average Bonchev–Trinajstić information content (AvgIpc) is 1.62. The van der Waals surface area contributed by atoms with Crippen molar-refractivity contribution in [3.05, 3.63) is 30.1 Å². The van der Waals surface area contributed by atoms with Gasteiger partial charge in [0.2, 0.25) is 17.7 Å². The number of benzene rings is 1. The third kappa shape index (κ3) is 50.2. The van der Waals surface area contributed by atoms with Crippen LogP contribution in [0.5, 0.6) is 0 Å². The molecule has 1 aliphatic rings. The van der Waals surface area contributed by atoms with Gasteiger partial charge in [-0.15, -0.1) is 0 Å². The number of carbonyl (C=O) groups excluding carboxylic acids is 3. The molecule has 107 heavy (non-hydrogen) atoms. The molecule has 0 bridgehead atoms. The van der Waals surface area contributed by atoms with Crippen molar-refractivity contribution in [2.24, 2.45) is 5.92 Å². The van der Waals surface area contributed by atoms with Crippen molar-refractivity contribution < 1.29 is 133 Å². The Bertz CT molecular complexity index is 2600. The molecular formula is C73H128N6O28. The van der Waals surface area contributed by atoms with Crippen LogP contribution in [0.25, 0.3) is 21.9 Å². The van der Waals surface area contributed by atoms with E-state index in [9.17, 15) is 14.4 Å². The van der Waals surface area contributed by atoms with Gasteiger partial charge in [-0.25, -0.2) is 9.97 Å². The molecule has 3 aromatic rings. The van der Waals surface area contributed by atoms with Crippen LogP contribution in [-0.4, -0.2) is 373 Å². The first-order chi connectivity index (χ1) is 52.6. The summed E-state index contributed by atoms with van der Waals surface area (Å²) in [4.78, 5) is 46.2. The molecule has 34 heteroatoms. The Hall–Kier alpha value is -4.49. The first-order valence-electron chi connectivity index (χ1n) is 37.7. The number of nitrogen functional groups attached to an aromatic ring is 1. The zero-order valence-electron chi connectivity index (χ0n) is 64.4. The lowest BCUT2D eigenvalue weighted by Crippen LogP contribution is -2.35. The van der Waals surface area contributed by atoms with Crippen molar-refractivity contribution in [2.75, 3.05) is 336 Å². The Kier molecular flexibility index (Phi) is 59.6. The van der Waals surface area contributed by atoms with E-state index in [0.29, 0.717) is 348 Å². The molecule has 1 fully saturated rings. The van der Waals surface area contributed by atoms with Gasteiger partial charge in [0.25, 0.3) is 0 Å². The lowest BCUT2D eigenvalue weighted by atomic mass is 10.1. The zero-order chi connectivity index (χ0) is 76.2. The lowest BCUT2D eigenvalue weighted by Gasteiger charge is -2.27. The van der Waals surface area contributed by atoms with E-state index in [1.165, 1.54) is 0 Å². The number of rotatable bonds is 81. The smallest absolute Gasteiger partial charge is 0.232 e. The van der Waals surface area contributed by atoms with E-state index in [-0.39, 0.29) is 43.0 Å². The summed E-state index contributed by atoms with van der Waals surface area (Å²) in [7, 11) is 0. The second kappa shape index (κ2) is 67.2. The number of carbonyl (C=O) groups is 3. The van der Waals surface area contributed by atoms with Crippen LogP contribution in [0.2, 0.25) is 0 Å². The third-order valence-electron chi connectivity index (χ3n) is 15.2. The van der Waals surface area contributed by atoms with Gasteiger partial charge in [-0.3, -0.25) is 19.3 Å². The van der Waals surface area contributed by atoms with Gasteiger partial charge in [-0.2, -0.15) is 0 Å². The van der Waals surface area contributed by atoms with Gasteiger partial charge in [0.05, 0.1) is 334 Å². The summed E-state index contributed by atoms with van der Waals surface area (Å²) in [6.45, 7) is 31.2. The van der Waals surface area contributed by atoms with Crippen LogP contribution in [0.4, 0.5) is 5.82 Å². The molecule has 1 atom stereocenters. The molecular weight excluding hydrogens is 1410 g/mol. The molecule has 3 amide bonds. The highest BCUT2D eigenvalue weighted by Gasteiger charge is 2.35. The normalized spacial score (nSPS) is 13.5. The molecule has 1 unspecified atom stereocenters. The van der Waals surface area contributed by atoms with Gasteiger partial charge < -0.3 is 134 Å². The maximum atomic E-state index is 12.0. The van der Waals surface area contributed by atoms with Crippen LogP contribution in [0.3, 0.4) is 0 Å². The van der Waals surface area contributed by atoms with Gasteiger partial charge in [0.15, 0.2) is 5.82 Å². The van der Waals surface area contributed by atoms with Crippen molar-refractivity contribution in [2.45, 2.75) is 59.3 Å². The number of imide groups is 1. The third-order valence-corrected chi connectivity index (χ3v) is 15.2. The first-order valence-corrected chi connectivity index (χ1v) is 37.7. The Balaban J connectivity index is 0.713. The van der Waals surface area contributed by atoms with E-state index in [4.69, 9.17) is 129 Å². The Morgan fingerprint density at radius 2 is 0.738 bits per heavy atom. The summed E-state index contributed by atoms with van der Waals surface area (Å²) in [5.74, 6) is 0.184. The van der Waals surface area contributed by atoms with Crippen molar-refractivity contribution in [3.8, 4) is 0 Å². The van der Waals surface area contributed by atoms with E-state index in [1.54, 1.807) is 6.92 Å². The molecule has 0 radical (unpaired) electrons. The molecule has 3 heterocycles. The van der Waals surface area contributed by atoms with Crippen LogP contribution in [0.1, 0.15) is 46.4 Å². The Labute approximate surface area is 632 Å². The minimum absolute atomic E-state index is 0.0760. The number of amides is 3. The molecule has 1 saturated heterocycles. The standard InChI is InChI=1S/C73H128N6O28/c1-5-83-61-66-77-69-70(64-8-6-7-9-65(64)76-71(69)74)79(66)62-73(3,4)107-59-58-106-57-56-105-55-54-104-53-52-103-51-50-102-49-48-101-47-46-100-45-44-99-43-42-98-41-40-97-39-38-96-37-36-95-35-34-94-33-32-93-31-30-92-29-28-91-27-26-90-25-24-89-23-22-88-21-20-87-19-18-86-17-16-85-15-14-84-13-11-75-67(80)10-12-78-68(81)60-63(2)72(78)82/h6-9,63H,5,10-62H2,1-4H3,(H2,74,76)(H,75,80). The van der Waals surface area contributed by atoms with Gasteiger partial charge in [-0.05, 0) is 26.8 Å². The number of anilines is 1. The number of nitrogens with one attached hydrogen (secondary N) is 1. The van der Waals surface area contributed by atoms with Crippen LogP contribution >= 0.6 is 0 Å². The summed E-state index contributed by atoms with van der Waals surface area (Å²) in [6.07, 6.45) is 0.283. The number of imidazole rings is 1. The molecule has 4 rings (SSSR count). The lowest BCUT2D eigenvalue weighted by molar-refractivity contribution is -0.139. The number of pyridine rings is 1. The molecule has 3 N–H and O–H groups in total. The van der Waals surface area contributed by atoms with Crippen LogP contribution in [0, 0.1) is 5.92 Å². The number of likely N-dealkylation sites (tertiary alicyclic amines) is 1. The summed E-state index contributed by atoms with van der Waals surface area (Å²) in [6, 6.07) is 7.93. The van der Waals surface area contributed by atoms with E-state index in [1.807, 2.05) is 31.2 Å². The molecule has 0 saturated carbocycles. The Morgan fingerprint density at radius 3 is 1.04 bits per heavy atom. The maximum Gasteiger partial charge on any atom is 0.232 e. The predicted molar refractivity (Wildman–Crippen MR) is 392 cm³/mol. The highest BCUT2D eigenvalue weighted by Crippen LogP contribution is 2.31. The molecule has 1 aliphatic heterocycles. The topological polar surface area (TPSA) is 354 Å². The number of nitrogens with two attached hydrogens (primary N) is 1. The minimum Gasteiger partial charge on any atom is -0.382 e. The molecule has 1 aromatic carbocycles. The van der Waals surface area contributed by atoms with Crippen molar-refractivity contribution in [1.82, 2.24) is 24.8 Å². The number of hydrogen-bond acceptors (Lipinski definition) is 31. The fourth-order valence-corrected chi connectivity index (χ4v) is 9.77. The highest BCUT2D eigenvalue weighted by atomic mass is 16.6. The van der Waals surface area contributed by atoms with Crippen LogP contribution in [0.15, 0.2) is 24.3 Å². The first kappa shape index (κ1) is 94.9. The molecule has 0 spiro atoms. The number of ether oxygens (including phenoxy) is 25.